The molecule has 0 radical (unpaired) electrons. The fourth-order valence-electron chi connectivity index (χ4n) is 4.37. The van der Waals surface area contributed by atoms with Crippen LogP contribution in [0.2, 0.25) is 5.02 Å². The van der Waals surface area contributed by atoms with Gasteiger partial charge in [0.25, 0.3) is 0 Å². The van der Waals surface area contributed by atoms with Gasteiger partial charge in [-0.15, -0.1) is 0 Å². The molecular weight excluding hydrogens is 362 g/mol. The number of ether oxygens (including phenoxy) is 1. The second-order valence-corrected chi connectivity index (χ2v) is 8.96. The first-order chi connectivity index (χ1) is 12.7. The van der Waals surface area contributed by atoms with Crippen molar-refractivity contribution < 1.29 is 4.74 Å². The Morgan fingerprint density at radius 2 is 1.92 bits per heavy atom. The highest BCUT2D eigenvalue weighted by molar-refractivity contribution is 8.00. The number of halogens is 1. The molecule has 1 saturated heterocycles. The molecule has 2 heterocycles. The van der Waals surface area contributed by atoms with Crippen molar-refractivity contribution in [2.45, 2.75) is 31.4 Å². The number of allylic oxidation sites excluding steroid dienone is 2. The third-order valence-electron chi connectivity index (χ3n) is 5.82. The Hall–Kier alpha value is -1.58. The van der Waals surface area contributed by atoms with Gasteiger partial charge in [0.2, 0.25) is 0 Å². The van der Waals surface area contributed by atoms with Gasteiger partial charge in [-0.05, 0) is 48.6 Å². The van der Waals surface area contributed by atoms with Gasteiger partial charge in [0, 0.05) is 33.7 Å². The van der Waals surface area contributed by atoms with E-state index in [4.69, 9.17) is 16.3 Å². The summed E-state index contributed by atoms with van der Waals surface area (Å²) in [6.07, 6.45) is 6.13. The summed E-state index contributed by atoms with van der Waals surface area (Å²) >= 11 is 8.51. The van der Waals surface area contributed by atoms with Crippen LogP contribution in [0.15, 0.2) is 48.6 Å². The van der Waals surface area contributed by atoms with Crippen molar-refractivity contribution in [3.05, 3.63) is 70.3 Å². The van der Waals surface area contributed by atoms with Crippen molar-refractivity contribution in [2.24, 2.45) is 5.92 Å². The Labute approximate surface area is 164 Å². The average Bonchev–Trinajstić information content (AvgIpc) is 3.10. The Morgan fingerprint density at radius 1 is 1.12 bits per heavy atom. The molecule has 1 N–H and O–H groups in total. The Morgan fingerprint density at radius 3 is 2.65 bits per heavy atom. The van der Waals surface area contributed by atoms with Crippen molar-refractivity contribution in [1.82, 2.24) is 0 Å². The maximum Gasteiger partial charge on any atom is 0.119 e. The topological polar surface area (TPSA) is 21.3 Å². The molecule has 3 aliphatic rings. The van der Waals surface area contributed by atoms with Gasteiger partial charge in [0.15, 0.2) is 0 Å². The molecule has 0 saturated carbocycles. The summed E-state index contributed by atoms with van der Waals surface area (Å²) in [5.41, 5.74) is 5.06. The molecule has 3 unspecified atom stereocenters. The van der Waals surface area contributed by atoms with Crippen molar-refractivity contribution in [3.8, 4) is 5.75 Å². The highest BCUT2D eigenvalue weighted by Crippen LogP contribution is 2.52. The molecule has 2 aromatic carbocycles. The van der Waals surface area contributed by atoms with Gasteiger partial charge in [0.1, 0.15) is 11.9 Å². The Balaban J connectivity index is 1.46. The van der Waals surface area contributed by atoms with E-state index in [2.05, 4.69) is 54.7 Å². The number of aryl methyl sites for hydroxylation is 1. The maximum atomic E-state index is 6.57. The van der Waals surface area contributed by atoms with Crippen molar-refractivity contribution in [3.63, 3.8) is 0 Å². The summed E-state index contributed by atoms with van der Waals surface area (Å²) in [6, 6.07) is 13.1. The number of fused-ring (bicyclic) bond motifs is 3. The van der Waals surface area contributed by atoms with Gasteiger partial charge in [-0.25, -0.2) is 0 Å². The molecule has 26 heavy (non-hydrogen) atoms. The van der Waals surface area contributed by atoms with E-state index in [1.807, 2.05) is 17.8 Å². The van der Waals surface area contributed by atoms with E-state index in [1.54, 1.807) is 0 Å². The van der Waals surface area contributed by atoms with E-state index >= 15 is 0 Å². The molecule has 134 valence electrons. The van der Waals surface area contributed by atoms with Crippen LogP contribution < -0.4 is 10.1 Å². The maximum absolute atomic E-state index is 6.57. The first kappa shape index (κ1) is 16.6. The van der Waals surface area contributed by atoms with Crippen LogP contribution in [0, 0.1) is 12.8 Å². The van der Waals surface area contributed by atoms with Crippen molar-refractivity contribution in [2.75, 3.05) is 16.8 Å². The zero-order valence-electron chi connectivity index (χ0n) is 14.7. The van der Waals surface area contributed by atoms with Crippen LogP contribution in [-0.4, -0.2) is 17.6 Å². The van der Waals surface area contributed by atoms with E-state index in [9.17, 15) is 0 Å². The van der Waals surface area contributed by atoms with Gasteiger partial charge >= 0.3 is 0 Å². The lowest BCUT2D eigenvalue weighted by Crippen LogP contribution is -2.31. The van der Waals surface area contributed by atoms with E-state index in [1.165, 1.54) is 22.4 Å². The smallest absolute Gasteiger partial charge is 0.119 e. The lowest BCUT2D eigenvalue weighted by molar-refractivity contribution is 0.240. The second kappa shape index (κ2) is 6.54. The molecule has 3 atom stereocenters. The predicted octanol–water partition coefficient (Wildman–Crippen LogP) is 5.97. The quantitative estimate of drug-likeness (QED) is 0.660. The third-order valence-corrected chi connectivity index (χ3v) is 7.37. The van der Waals surface area contributed by atoms with Crippen LogP contribution in [0.3, 0.4) is 0 Å². The lowest BCUT2D eigenvalue weighted by Gasteiger charge is -2.39. The van der Waals surface area contributed by atoms with Gasteiger partial charge in [0.05, 0.1) is 6.04 Å². The molecule has 5 rings (SSSR count). The highest BCUT2D eigenvalue weighted by atomic mass is 35.5. The Bertz CT molecular complexity index is 859. The minimum Gasteiger partial charge on any atom is -0.489 e. The van der Waals surface area contributed by atoms with Crippen LogP contribution in [0.25, 0.3) is 0 Å². The zero-order chi connectivity index (χ0) is 17.7. The molecule has 0 aromatic heterocycles. The number of rotatable bonds is 3. The summed E-state index contributed by atoms with van der Waals surface area (Å²) in [6.45, 7) is 2.16. The number of hydrogen-bond acceptors (Lipinski definition) is 3. The molecule has 0 spiro atoms. The van der Waals surface area contributed by atoms with Crippen molar-refractivity contribution in [1.29, 1.82) is 0 Å². The highest BCUT2D eigenvalue weighted by Gasteiger charge is 2.39. The molecule has 4 heteroatoms. The molecule has 0 amide bonds. The van der Waals surface area contributed by atoms with Crippen LogP contribution in [-0.2, 0) is 0 Å². The molecule has 0 bridgehead atoms. The predicted molar refractivity (Wildman–Crippen MR) is 111 cm³/mol. The monoisotopic (exact) mass is 383 g/mol. The lowest BCUT2D eigenvalue weighted by atomic mass is 9.76. The molecular formula is C22H22ClNOS. The summed E-state index contributed by atoms with van der Waals surface area (Å²) in [5.74, 6) is 4.11. The fraction of sp³-hybridized carbons (Fsp3) is 0.364. The number of nitrogens with one attached hydrogen (secondary N) is 1. The second-order valence-electron chi connectivity index (χ2n) is 7.47. The van der Waals surface area contributed by atoms with E-state index in [-0.39, 0.29) is 0 Å². The van der Waals surface area contributed by atoms with Crippen LogP contribution in [0.1, 0.15) is 35.1 Å². The van der Waals surface area contributed by atoms with E-state index < -0.39 is 0 Å². The first-order valence-corrected chi connectivity index (χ1v) is 10.8. The minimum atomic E-state index is 0.299. The van der Waals surface area contributed by atoms with Gasteiger partial charge in [-0.2, -0.15) is 11.8 Å². The van der Waals surface area contributed by atoms with Crippen LogP contribution in [0.4, 0.5) is 5.69 Å². The zero-order valence-corrected chi connectivity index (χ0v) is 16.3. The molecule has 1 fully saturated rings. The van der Waals surface area contributed by atoms with Gasteiger partial charge in [-0.3, -0.25) is 0 Å². The minimum absolute atomic E-state index is 0.299. The number of anilines is 1. The van der Waals surface area contributed by atoms with Crippen LogP contribution >= 0.6 is 23.4 Å². The standard InChI is InChI=1S/C22H22ClNOS/c1-13-5-10-19(23)20-17-3-2-4-18(17)22(24-21(13)20)14-6-8-15(9-7-14)25-16-11-26-12-16/h2-3,5-10,16-18,22,24H,4,11-12H2,1H3. The van der Waals surface area contributed by atoms with Gasteiger partial charge in [-0.1, -0.05) is 42.0 Å². The average molecular weight is 384 g/mol. The van der Waals surface area contributed by atoms with E-state index in [0.29, 0.717) is 24.0 Å². The SMILES string of the molecule is Cc1ccc(Cl)c2c1NC(c1ccc(OC3CSC3)cc1)C1CC=CC21. The number of thioether (sulfide) groups is 1. The first-order valence-electron chi connectivity index (χ1n) is 9.27. The summed E-state index contributed by atoms with van der Waals surface area (Å²) in [7, 11) is 0. The Kier molecular flexibility index (Phi) is 4.17. The largest absolute Gasteiger partial charge is 0.489 e. The normalized spacial score (nSPS) is 26.6. The molecule has 2 aliphatic heterocycles. The fourth-order valence-corrected chi connectivity index (χ4v) is 5.22. The summed E-state index contributed by atoms with van der Waals surface area (Å²) in [4.78, 5) is 0. The molecule has 2 aromatic rings. The molecule has 2 nitrogen and oxygen atoms in total. The summed E-state index contributed by atoms with van der Waals surface area (Å²) in [5, 5.41) is 4.68. The van der Waals surface area contributed by atoms with Crippen LogP contribution in [0.5, 0.6) is 5.75 Å². The van der Waals surface area contributed by atoms with E-state index in [0.717, 1.165) is 28.7 Å². The third kappa shape index (κ3) is 2.73. The van der Waals surface area contributed by atoms with Crippen molar-refractivity contribution >= 4 is 29.1 Å². The summed E-state index contributed by atoms with van der Waals surface area (Å²) < 4.78 is 6.00. The van der Waals surface area contributed by atoms with Gasteiger partial charge < -0.3 is 10.1 Å². The number of hydrogen-bond donors (Lipinski definition) is 1. The molecule has 1 aliphatic carbocycles. The number of benzene rings is 2.